The van der Waals surface area contributed by atoms with Crippen molar-refractivity contribution in [1.82, 2.24) is 9.29 Å². The summed E-state index contributed by atoms with van der Waals surface area (Å²) in [6.07, 6.45) is 1.71. The average Bonchev–Trinajstić information content (AvgIpc) is 3.26. The number of sulfonamides is 1. The molecular formula is C23H27N3O4S2. The largest absolute Gasteiger partial charge is 0.494 e. The Morgan fingerprint density at radius 2 is 1.78 bits per heavy atom. The van der Waals surface area contributed by atoms with E-state index in [-0.39, 0.29) is 10.8 Å². The molecule has 0 radical (unpaired) electrons. The molecule has 0 spiro atoms. The summed E-state index contributed by atoms with van der Waals surface area (Å²) in [6.45, 7) is 5.01. The summed E-state index contributed by atoms with van der Waals surface area (Å²) >= 11 is 1.32. The lowest BCUT2D eigenvalue weighted by atomic mass is 10.2. The molecule has 9 heteroatoms. The van der Waals surface area contributed by atoms with Crippen LogP contribution in [0.4, 0.5) is 5.13 Å². The Kier molecular flexibility index (Phi) is 8.00. The molecule has 1 N–H and O–H groups in total. The second-order valence-corrected chi connectivity index (χ2v) is 10.1. The van der Waals surface area contributed by atoms with E-state index in [1.807, 2.05) is 43.5 Å². The number of carbonyl (C=O) groups is 1. The topological polar surface area (TPSA) is 88.6 Å². The van der Waals surface area contributed by atoms with Crippen molar-refractivity contribution in [3.8, 4) is 17.0 Å². The molecule has 7 nitrogen and oxygen atoms in total. The Bertz CT molecular complexity index is 1140. The predicted molar refractivity (Wildman–Crippen MR) is 128 cm³/mol. The van der Waals surface area contributed by atoms with Crippen molar-refractivity contribution in [2.75, 3.05) is 25.5 Å². The molecule has 1 amide bonds. The first-order chi connectivity index (χ1) is 15.3. The van der Waals surface area contributed by atoms with Gasteiger partial charge in [-0.1, -0.05) is 13.3 Å². The minimum absolute atomic E-state index is 0.166. The Morgan fingerprint density at radius 1 is 1.09 bits per heavy atom. The number of unbranched alkanes of at least 4 members (excludes halogenated alkanes) is 1. The third-order valence-electron chi connectivity index (χ3n) is 4.84. The number of hydrogen-bond acceptors (Lipinski definition) is 6. The van der Waals surface area contributed by atoms with Gasteiger partial charge in [-0.2, -0.15) is 0 Å². The van der Waals surface area contributed by atoms with E-state index in [2.05, 4.69) is 10.3 Å². The van der Waals surface area contributed by atoms with Crippen LogP contribution in [-0.2, 0) is 10.0 Å². The smallest absolute Gasteiger partial charge is 0.257 e. The van der Waals surface area contributed by atoms with Gasteiger partial charge in [0, 0.05) is 30.1 Å². The molecule has 170 valence electrons. The van der Waals surface area contributed by atoms with Gasteiger partial charge >= 0.3 is 0 Å². The third-order valence-corrected chi connectivity index (χ3v) is 7.47. The number of carbonyl (C=O) groups excluding carboxylic acids is 1. The molecule has 2 aromatic carbocycles. The van der Waals surface area contributed by atoms with E-state index in [9.17, 15) is 13.2 Å². The zero-order valence-corrected chi connectivity index (χ0v) is 20.0. The van der Waals surface area contributed by atoms with E-state index in [4.69, 9.17) is 4.74 Å². The highest BCUT2D eigenvalue weighted by Gasteiger charge is 2.20. The first-order valence-electron chi connectivity index (χ1n) is 10.4. The quantitative estimate of drug-likeness (QED) is 0.453. The summed E-state index contributed by atoms with van der Waals surface area (Å²) in [5.74, 6) is 0.447. The summed E-state index contributed by atoms with van der Waals surface area (Å²) in [6, 6.07) is 13.5. The van der Waals surface area contributed by atoms with Gasteiger partial charge in [-0.05, 0) is 61.9 Å². The number of rotatable bonds is 10. The molecule has 1 aromatic heterocycles. The predicted octanol–water partition coefficient (Wildman–Crippen LogP) is 4.88. The van der Waals surface area contributed by atoms with Crippen LogP contribution in [0.25, 0.3) is 11.3 Å². The Morgan fingerprint density at radius 3 is 2.41 bits per heavy atom. The first kappa shape index (κ1) is 23.9. The van der Waals surface area contributed by atoms with Crippen LogP contribution in [0.3, 0.4) is 0 Å². The van der Waals surface area contributed by atoms with Crippen molar-refractivity contribution >= 4 is 32.4 Å². The van der Waals surface area contributed by atoms with E-state index in [1.54, 1.807) is 7.05 Å². The maximum absolute atomic E-state index is 12.6. The van der Waals surface area contributed by atoms with Crippen LogP contribution in [-0.4, -0.2) is 43.8 Å². The second kappa shape index (κ2) is 10.7. The Hall–Kier alpha value is -2.75. The number of hydrogen-bond donors (Lipinski definition) is 1. The highest BCUT2D eigenvalue weighted by atomic mass is 32.2. The summed E-state index contributed by atoms with van der Waals surface area (Å²) in [7, 11) is -2.00. The molecule has 0 saturated carbocycles. The summed E-state index contributed by atoms with van der Waals surface area (Å²) in [4.78, 5) is 17.2. The van der Waals surface area contributed by atoms with Crippen molar-refractivity contribution in [3.05, 3.63) is 59.5 Å². The van der Waals surface area contributed by atoms with Crippen LogP contribution in [0.15, 0.2) is 58.8 Å². The van der Waals surface area contributed by atoms with Gasteiger partial charge in [-0.3, -0.25) is 10.1 Å². The fourth-order valence-corrected chi connectivity index (χ4v) is 4.90. The first-order valence-corrected chi connectivity index (χ1v) is 12.7. The molecule has 0 aliphatic heterocycles. The minimum Gasteiger partial charge on any atom is -0.494 e. The molecule has 3 aromatic rings. The minimum atomic E-state index is -3.56. The molecule has 0 aliphatic rings. The number of ether oxygens (including phenoxy) is 1. The molecule has 0 bridgehead atoms. The van der Waals surface area contributed by atoms with Crippen LogP contribution < -0.4 is 10.1 Å². The highest BCUT2D eigenvalue weighted by molar-refractivity contribution is 7.89. The molecular weight excluding hydrogens is 446 g/mol. The van der Waals surface area contributed by atoms with Gasteiger partial charge in [-0.25, -0.2) is 17.7 Å². The van der Waals surface area contributed by atoms with Crippen molar-refractivity contribution in [2.24, 2.45) is 0 Å². The SMILES string of the molecule is CCCCN(C)S(=O)(=O)c1ccc(C(=O)Nc2nc(-c3ccc(OCC)cc3)cs2)cc1. The number of thiazole rings is 1. The number of amides is 1. The van der Waals surface area contributed by atoms with Gasteiger partial charge in [0.1, 0.15) is 5.75 Å². The van der Waals surface area contributed by atoms with Gasteiger partial charge in [0.15, 0.2) is 5.13 Å². The summed E-state index contributed by atoms with van der Waals surface area (Å²) in [5, 5.41) is 5.11. The van der Waals surface area contributed by atoms with Crippen LogP contribution in [0.1, 0.15) is 37.0 Å². The third kappa shape index (κ3) is 5.73. The second-order valence-electron chi connectivity index (χ2n) is 7.15. The lowest BCUT2D eigenvalue weighted by Gasteiger charge is -2.16. The summed E-state index contributed by atoms with van der Waals surface area (Å²) < 4.78 is 32.0. The zero-order chi connectivity index (χ0) is 23.1. The highest BCUT2D eigenvalue weighted by Crippen LogP contribution is 2.27. The van der Waals surface area contributed by atoms with Crippen molar-refractivity contribution in [3.63, 3.8) is 0 Å². The van der Waals surface area contributed by atoms with Gasteiger partial charge in [-0.15, -0.1) is 11.3 Å². The zero-order valence-electron chi connectivity index (χ0n) is 18.4. The van der Waals surface area contributed by atoms with Crippen LogP contribution in [0.5, 0.6) is 5.75 Å². The van der Waals surface area contributed by atoms with Crippen molar-refractivity contribution in [2.45, 2.75) is 31.6 Å². The molecule has 0 fully saturated rings. The van der Waals surface area contributed by atoms with Crippen molar-refractivity contribution < 1.29 is 17.9 Å². The average molecular weight is 474 g/mol. The number of anilines is 1. The Balaban J connectivity index is 1.66. The van der Waals surface area contributed by atoms with Crippen LogP contribution in [0.2, 0.25) is 0 Å². The van der Waals surface area contributed by atoms with Crippen LogP contribution >= 0.6 is 11.3 Å². The normalized spacial score (nSPS) is 11.5. The molecule has 0 atom stereocenters. The lowest BCUT2D eigenvalue weighted by molar-refractivity contribution is 0.102. The molecule has 0 saturated heterocycles. The molecule has 0 aliphatic carbocycles. The van der Waals surface area contributed by atoms with E-state index >= 15 is 0 Å². The number of aromatic nitrogens is 1. The maximum atomic E-state index is 12.6. The van der Waals surface area contributed by atoms with E-state index < -0.39 is 10.0 Å². The van der Waals surface area contributed by atoms with Gasteiger partial charge < -0.3 is 4.74 Å². The fourth-order valence-electron chi connectivity index (χ4n) is 2.98. The number of benzene rings is 2. The number of nitrogens with one attached hydrogen (secondary N) is 1. The maximum Gasteiger partial charge on any atom is 0.257 e. The number of nitrogens with zero attached hydrogens (tertiary/aromatic N) is 2. The molecule has 3 rings (SSSR count). The van der Waals surface area contributed by atoms with Gasteiger partial charge in [0.25, 0.3) is 5.91 Å². The molecule has 1 heterocycles. The van der Waals surface area contributed by atoms with Gasteiger partial charge in [0.2, 0.25) is 10.0 Å². The molecule has 32 heavy (non-hydrogen) atoms. The lowest BCUT2D eigenvalue weighted by Crippen LogP contribution is -2.28. The summed E-state index contributed by atoms with van der Waals surface area (Å²) in [5.41, 5.74) is 2.04. The Labute approximate surface area is 193 Å². The van der Waals surface area contributed by atoms with Crippen molar-refractivity contribution in [1.29, 1.82) is 0 Å². The van der Waals surface area contributed by atoms with Crippen LogP contribution in [0, 0.1) is 0 Å². The molecule has 0 unspecified atom stereocenters. The fraction of sp³-hybridized carbons (Fsp3) is 0.304. The van der Waals surface area contributed by atoms with E-state index in [1.165, 1.54) is 39.9 Å². The standard InChI is InChI=1S/C23H27N3O4S2/c1-4-6-15-26(3)32(28,29)20-13-9-18(10-14-20)22(27)25-23-24-21(16-31-23)17-7-11-19(12-8-17)30-5-2/h7-14,16H,4-6,15H2,1-3H3,(H,24,25,27). The van der Waals surface area contributed by atoms with E-state index in [0.717, 1.165) is 29.8 Å². The van der Waals surface area contributed by atoms with Gasteiger partial charge in [0.05, 0.1) is 17.2 Å². The monoisotopic (exact) mass is 473 g/mol. The van der Waals surface area contributed by atoms with E-state index in [0.29, 0.717) is 23.8 Å².